The first-order chi connectivity index (χ1) is 14.9. The molecule has 162 valence electrons. The average molecular weight is 520 g/mol. The highest BCUT2D eigenvalue weighted by atomic mass is 79.9. The molecule has 1 N–H and O–H groups in total. The van der Waals surface area contributed by atoms with Gasteiger partial charge in [0.1, 0.15) is 16.7 Å². The minimum Gasteiger partial charge on any atom is -0.489 e. The van der Waals surface area contributed by atoms with Crippen molar-refractivity contribution in [2.45, 2.75) is 32.3 Å². The smallest absolute Gasteiger partial charge is 0.303 e. The number of halogens is 1. The first-order valence-corrected chi connectivity index (χ1v) is 11.9. The second-order valence-corrected chi connectivity index (χ2v) is 9.62. The number of ether oxygens (including phenoxy) is 1. The Kier molecular flexibility index (Phi) is 8.69. The fourth-order valence-corrected chi connectivity index (χ4v) is 4.78. The molecule has 0 unspecified atom stereocenters. The third-order valence-corrected chi connectivity index (χ3v) is 6.49. The van der Waals surface area contributed by atoms with Gasteiger partial charge in [-0.05, 0) is 54.3 Å². The van der Waals surface area contributed by atoms with Gasteiger partial charge in [0.15, 0.2) is 0 Å². The summed E-state index contributed by atoms with van der Waals surface area (Å²) in [6, 6.07) is 15.6. The van der Waals surface area contributed by atoms with E-state index in [9.17, 15) is 9.59 Å². The number of carbonyl (C=O) groups excluding carboxylic acids is 1. The topological polar surface area (TPSA) is 66.8 Å². The van der Waals surface area contributed by atoms with Crippen LogP contribution in [0.2, 0.25) is 0 Å². The Morgan fingerprint density at radius 1 is 1.16 bits per heavy atom. The van der Waals surface area contributed by atoms with Crippen molar-refractivity contribution in [3.8, 4) is 5.75 Å². The maximum atomic E-state index is 12.7. The molecule has 31 heavy (non-hydrogen) atoms. The highest BCUT2D eigenvalue weighted by Crippen LogP contribution is 2.33. The molecule has 0 aromatic heterocycles. The zero-order chi connectivity index (χ0) is 22.2. The van der Waals surface area contributed by atoms with Crippen LogP contribution in [0.5, 0.6) is 5.75 Å². The quantitative estimate of drug-likeness (QED) is 0.240. The van der Waals surface area contributed by atoms with E-state index < -0.39 is 5.97 Å². The van der Waals surface area contributed by atoms with E-state index in [-0.39, 0.29) is 12.3 Å². The third kappa shape index (κ3) is 7.19. The molecule has 1 fully saturated rings. The molecular formula is C23H22BrNO4S2. The SMILES string of the molecule is O=C(O)CCCCCN1C(=O)/C(=C\c2ccc(OCc3cccc(Br)c3)cc2)SC1=S. The van der Waals surface area contributed by atoms with Crippen LogP contribution in [0.1, 0.15) is 36.8 Å². The van der Waals surface area contributed by atoms with E-state index in [2.05, 4.69) is 15.9 Å². The second-order valence-electron chi connectivity index (χ2n) is 7.03. The Balaban J connectivity index is 1.53. The molecule has 0 atom stereocenters. The van der Waals surface area contributed by atoms with Gasteiger partial charge in [-0.2, -0.15) is 0 Å². The van der Waals surface area contributed by atoms with Gasteiger partial charge in [-0.25, -0.2) is 0 Å². The highest BCUT2D eigenvalue weighted by molar-refractivity contribution is 9.10. The van der Waals surface area contributed by atoms with Crippen molar-refractivity contribution in [2.75, 3.05) is 6.54 Å². The number of rotatable bonds is 10. The summed E-state index contributed by atoms with van der Waals surface area (Å²) in [4.78, 5) is 25.4. The number of carboxylic acids is 1. The molecule has 1 saturated heterocycles. The van der Waals surface area contributed by atoms with Gasteiger partial charge in [0.25, 0.3) is 5.91 Å². The molecule has 0 saturated carbocycles. The van der Waals surface area contributed by atoms with E-state index in [0.717, 1.165) is 34.2 Å². The molecule has 0 spiro atoms. The number of carboxylic acid groups (broad SMARTS) is 1. The van der Waals surface area contributed by atoms with Crippen molar-refractivity contribution in [3.63, 3.8) is 0 Å². The number of thiocarbonyl (C=S) groups is 1. The van der Waals surface area contributed by atoms with E-state index in [0.29, 0.717) is 28.8 Å². The van der Waals surface area contributed by atoms with E-state index in [1.165, 1.54) is 11.8 Å². The average Bonchev–Trinajstić information content (AvgIpc) is 3.00. The van der Waals surface area contributed by atoms with Crippen LogP contribution in [0.25, 0.3) is 6.08 Å². The molecule has 0 radical (unpaired) electrons. The fourth-order valence-electron chi connectivity index (χ4n) is 3.02. The summed E-state index contributed by atoms with van der Waals surface area (Å²) in [5.74, 6) is -0.132. The minimum absolute atomic E-state index is 0.0942. The van der Waals surface area contributed by atoms with Gasteiger partial charge in [-0.1, -0.05) is 70.6 Å². The zero-order valence-electron chi connectivity index (χ0n) is 16.8. The van der Waals surface area contributed by atoms with Crippen molar-refractivity contribution < 1.29 is 19.4 Å². The third-order valence-electron chi connectivity index (χ3n) is 4.62. The molecule has 3 rings (SSSR count). The number of benzene rings is 2. The van der Waals surface area contributed by atoms with E-state index in [4.69, 9.17) is 22.1 Å². The molecule has 8 heteroatoms. The number of thioether (sulfide) groups is 1. The lowest BCUT2D eigenvalue weighted by Crippen LogP contribution is -2.29. The Morgan fingerprint density at radius 3 is 2.65 bits per heavy atom. The number of hydrogen-bond acceptors (Lipinski definition) is 5. The van der Waals surface area contributed by atoms with Crippen LogP contribution in [0, 0.1) is 0 Å². The summed E-state index contributed by atoms with van der Waals surface area (Å²) in [6.07, 6.45) is 4.08. The molecule has 1 aliphatic heterocycles. The molecule has 1 aliphatic rings. The zero-order valence-corrected chi connectivity index (χ0v) is 20.0. The molecule has 1 amide bonds. The number of carbonyl (C=O) groups is 2. The molecule has 2 aromatic carbocycles. The fraction of sp³-hybridized carbons (Fsp3) is 0.261. The van der Waals surface area contributed by atoms with Crippen molar-refractivity contribution in [1.82, 2.24) is 4.90 Å². The highest BCUT2D eigenvalue weighted by Gasteiger charge is 2.31. The van der Waals surface area contributed by atoms with Crippen LogP contribution < -0.4 is 4.74 Å². The summed E-state index contributed by atoms with van der Waals surface area (Å²) in [6.45, 7) is 0.994. The number of amides is 1. The summed E-state index contributed by atoms with van der Waals surface area (Å²) in [5.41, 5.74) is 1.97. The van der Waals surface area contributed by atoms with E-state index >= 15 is 0 Å². The lowest BCUT2D eigenvalue weighted by Gasteiger charge is -2.13. The lowest BCUT2D eigenvalue weighted by atomic mass is 10.2. The van der Waals surface area contributed by atoms with Gasteiger partial charge in [-0.15, -0.1) is 0 Å². The maximum Gasteiger partial charge on any atom is 0.303 e. The number of aliphatic carboxylic acids is 1. The van der Waals surface area contributed by atoms with Crippen LogP contribution in [-0.4, -0.2) is 32.7 Å². The molecular weight excluding hydrogens is 498 g/mol. The number of nitrogens with zero attached hydrogens (tertiary/aromatic N) is 1. The van der Waals surface area contributed by atoms with Crippen LogP contribution >= 0.6 is 39.9 Å². The van der Waals surface area contributed by atoms with Gasteiger partial charge in [0.2, 0.25) is 0 Å². The number of unbranched alkanes of at least 4 members (excludes halogenated alkanes) is 2. The van der Waals surface area contributed by atoms with E-state index in [1.54, 1.807) is 4.90 Å². The van der Waals surface area contributed by atoms with Crippen molar-refractivity contribution >= 4 is 62.2 Å². The molecule has 5 nitrogen and oxygen atoms in total. The number of hydrogen-bond donors (Lipinski definition) is 1. The minimum atomic E-state index is -0.793. The standard InChI is InChI=1S/C23H22BrNO4S2/c24-18-6-4-5-17(13-18)15-29-19-10-8-16(9-11-19)14-20-22(28)25(23(30)31-20)12-3-1-2-7-21(26)27/h4-6,8-11,13-14H,1-3,7,12,15H2,(H,26,27)/b20-14+. The normalized spacial score (nSPS) is 15.0. The van der Waals surface area contributed by atoms with Crippen LogP contribution in [0.15, 0.2) is 57.9 Å². The van der Waals surface area contributed by atoms with Crippen molar-refractivity contribution in [3.05, 3.63) is 69.0 Å². The predicted octanol–water partition coefficient (Wildman–Crippen LogP) is 5.87. The summed E-state index contributed by atoms with van der Waals surface area (Å²) < 4.78 is 7.39. The molecule has 0 bridgehead atoms. The first kappa shape index (κ1) is 23.5. The Bertz CT molecular complexity index is 991. The summed E-state index contributed by atoms with van der Waals surface area (Å²) in [7, 11) is 0. The van der Waals surface area contributed by atoms with Crippen LogP contribution in [0.3, 0.4) is 0 Å². The molecule has 0 aliphatic carbocycles. The molecule has 1 heterocycles. The Hall–Kier alpha value is -2.16. The summed E-state index contributed by atoms with van der Waals surface area (Å²) >= 11 is 10.1. The molecule has 2 aromatic rings. The monoisotopic (exact) mass is 519 g/mol. The maximum absolute atomic E-state index is 12.7. The summed E-state index contributed by atoms with van der Waals surface area (Å²) in [5, 5.41) is 8.69. The van der Waals surface area contributed by atoms with Gasteiger partial charge in [0, 0.05) is 17.4 Å². The van der Waals surface area contributed by atoms with Gasteiger partial charge < -0.3 is 9.84 Å². The van der Waals surface area contributed by atoms with Gasteiger partial charge >= 0.3 is 5.97 Å². The van der Waals surface area contributed by atoms with Crippen LogP contribution in [-0.2, 0) is 16.2 Å². The predicted molar refractivity (Wildman–Crippen MR) is 131 cm³/mol. The van der Waals surface area contributed by atoms with Crippen molar-refractivity contribution in [2.24, 2.45) is 0 Å². The van der Waals surface area contributed by atoms with Crippen molar-refractivity contribution in [1.29, 1.82) is 0 Å². The second kappa shape index (κ2) is 11.5. The van der Waals surface area contributed by atoms with E-state index in [1.807, 2.05) is 54.6 Å². The Labute approximate surface area is 199 Å². The largest absolute Gasteiger partial charge is 0.489 e. The Morgan fingerprint density at radius 2 is 1.94 bits per heavy atom. The van der Waals surface area contributed by atoms with Crippen LogP contribution in [0.4, 0.5) is 0 Å². The lowest BCUT2D eigenvalue weighted by molar-refractivity contribution is -0.137. The van der Waals surface area contributed by atoms with Gasteiger partial charge in [0.05, 0.1) is 4.91 Å². The first-order valence-electron chi connectivity index (χ1n) is 9.87. The van der Waals surface area contributed by atoms with Gasteiger partial charge in [-0.3, -0.25) is 14.5 Å².